The average molecular weight is 370 g/mol. The van der Waals surface area contributed by atoms with Gasteiger partial charge in [-0.15, -0.1) is 0 Å². The van der Waals surface area contributed by atoms with Gasteiger partial charge in [0.1, 0.15) is 11.6 Å². The molecule has 0 aliphatic rings. The Kier molecular flexibility index (Phi) is 6.89. The quantitative estimate of drug-likeness (QED) is 0.757. The first-order valence-electron chi connectivity index (χ1n) is 8.28. The second-order valence-electron chi connectivity index (χ2n) is 5.82. The molecule has 0 aliphatic carbocycles. The number of rotatable bonds is 7. The van der Waals surface area contributed by atoms with Crippen molar-refractivity contribution in [1.29, 1.82) is 5.26 Å². The van der Waals surface area contributed by atoms with Crippen molar-refractivity contribution in [2.45, 2.75) is 32.6 Å². The molecule has 0 bridgehead atoms. The van der Waals surface area contributed by atoms with Crippen molar-refractivity contribution in [3.05, 3.63) is 65.5 Å². The van der Waals surface area contributed by atoms with Gasteiger partial charge in [-0.25, -0.2) is 9.18 Å². The van der Waals surface area contributed by atoms with Gasteiger partial charge >= 0.3 is 5.97 Å². The zero-order valence-corrected chi connectivity index (χ0v) is 14.9. The van der Waals surface area contributed by atoms with E-state index >= 15 is 0 Å². The highest BCUT2D eigenvalue weighted by Gasteiger charge is 2.23. The standard InChI is InChI=1S/C20H19FN2O4/c1-13(19(24)23-12-16-3-7-17(21)8-4-16)27-20(25)14(2)26-18-9-5-15(11-22)6-10-18/h3-10,13-14H,12H2,1-2H3,(H,23,24)/t13-,14+/m0/s1. The molecular weight excluding hydrogens is 351 g/mol. The molecule has 2 rings (SSSR count). The van der Waals surface area contributed by atoms with Gasteiger partial charge in [-0.3, -0.25) is 4.79 Å². The van der Waals surface area contributed by atoms with Crippen LogP contribution in [-0.4, -0.2) is 24.1 Å². The predicted octanol–water partition coefficient (Wildman–Crippen LogP) is 2.71. The first-order valence-corrected chi connectivity index (χ1v) is 8.28. The third-order valence-corrected chi connectivity index (χ3v) is 3.67. The summed E-state index contributed by atoms with van der Waals surface area (Å²) < 4.78 is 23.4. The maximum atomic E-state index is 12.9. The zero-order valence-electron chi connectivity index (χ0n) is 14.9. The number of ether oxygens (including phenoxy) is 2. The van der Waals surface area contributed by atoms with E-state index in [9.17, 15) is 14.0 Å². The van der Waals surface area contributed by atoms with Crippen LogP contribution >= 0.6 is 0 Å². The lowest BCUT2D eigenvalue weighted by atomic mass is 10.2. The highest BCUT2D eigenvalue weighted by Crippen LogP contribution is 2.14. The van der Waals surface area contributed by atoms with Crippen LogP contribution in [-0.2, 0) is 20.9 Å². The summed E-state index contributed by atoms with van der Waals surface area (Å²) in [6.07, 6.45) is -1.93. The van der Waals surface area contributed by atoms with Gasteiger partial charge < -0.3 is 14.8 Å². The molecule has 0 heterocycles. The van der Waals surface area contributed by atoms with Gasteiger partial charge in [0.15, 0.2) is 12.2 Å². The lowest BCUT2D eigenvalue weighted by Crippen LogP contribution is -2.38. The molecular formula is C20H19FN2O4. The van der Waals surface area contributed by atoms with E-state index in [1.807, 2.05) is 6.07 Å². The molecule has 6 nitrogen and oxygen atoms in total. The maximum Gasteiger partial charge on any atom is 0.347 e. The molecule has 2 aromatic carbocycles. The number of nitrogens with zero attached hydrogens (tertiary/aromatic N) is 1. The van der Waals surface area contributed by atoms with Crippen LogP contribution in [0.1, 0.15) is 25.0 Å². The summed E-state index contributed by atoms with van der Waals surface area (Å²) in [5.41, 5.74) is 1.20. The van der Waals surface area contributed by atoms with Gasteiger partial charge in [0.05, 0.1) is 11.6 Å². The second-order valence-corrected chi connectivity index (χ2v) is 5.82. The van der Waals surface area contributed by atoms with Crippen molar-refractivity contribution in [3.63, 3.8) is 0 Å². The van der Waals surface area contributed by atoms with Gasteiger partial charge in [0.2, 0.25) is 0 Å². The maximum absolute atomic E-state index is 12.9. The van der Waals surface area contributed by atoms with Crippen LogP contribution < -0.4 is 10.1 Å². The Morgan fingerprint density at radius 3 is 2.30 bits per heavy atom. The van der Waals surface area contributed by atoms with Crippen LogP contribution in [0.4, 0.5) is 4.39 Å². The van der Waals surface area contributed by atoms with Crippen LogP contribution in [0, 0.1) is 17.1 Å². The molecule has 0 saturated carbocycles. The lowest BCUT2D eigenvalue weighted by molar-refractivity contribution is -0.160. The Labute approximate surface area is 156 Å². The minimum atomic E-state index is -1.01. The minimum Gasteiger partial charge on any atom is -0.479 e. The van der Waals surface area contributed by atoms with E-state index in [1.165, 1.54) is 26.0 Å². The van der Waals surface area contributed by atoms with Crippen molar-refractivity contribution < 1.29 is 23.5 Å². The highest BCUT2D eigenvalue weighted by atomic mass is 19.1. The summed E-state index contributed by atoms with van der Waals surface area (Å²) in [6.45, 7) is 3.15. The van der Waals surface area contributed by atoms with E-state index in [4.69, 9.17) is 14.7 Å². The molecule has 0 aromatic heterocycles. The van der Waals surface area contributed by atoms with Crippen molar-refractivity contribution >= 4 is 11.9 Å². The van der Waals surface area contributed by atoms with Crippen molar-refractivity contribution in [2.75, 3.05) is 0 Å². The number of hydrogen-bond donors (Lipinski definition) is 1. The number of halogens is 1. The molecule has 2 aromatic rings. The van der Waals surface area contributed by atoms with Crippen LogP contribution in [0.3, 0.4) is 0 Å². The normalized spacial score (nSPS) is 12.4. The number of carbonyl (C=O) groups is 2. The average Bonchev–Trinajstić information content (AvgIpc) is 2.67. The smallest absolute Gasteiger partial charge is 0.347 e. The third kappa shape index (κ3) is 6.12. The molecule has 0 radical (unpaired) electrons. The molecule has 0 saturated heterocycles. The zero-order chi connectivity index (χ0) is 19.8. The van der Waals surface area contributed by atoms with Gasteiger partial charge in [0.25, 0.3) is 5.91 Å². The summed E-state index contributed by atoms with van der Waals surface area (Å²) in [5.74, 6) is -1.11. The minimum absolute atomic E-state index is 0.193. The summed E-state index contributed by atoms with van der Waals surface area (Å²) in [5, 5.41) is 11.4. The summed E-state index contributed by atoms with van der Waals surface area (Å²) >= 11 is 0. The predicted molar refractivity (Wildman–Crippen MR) is 95.0 cm³/mol. The van der Waals surface area contributed by atoms with Crippen molar-refractivity contribution in [2.24, 2.45) is 0 Å². The summed E-state index contributed by atoms with van der Waals surface area (Å²) in [6, 6.07) is 14.0. The van der Waals surface area contributed by atoms with Crippen LogP contribution in [0.5, 0.6) is 5.75 Å². The summed E-state index contributed by atoms with van der Waals surface area (Å²) in [4.78, 5) is 24.1. The largest absolute Gasteiger partial charge is 0.479 e. The van der Waals surface area contributed by atoms with E-state index in [1.54, 1.807) is 36.4 Å². The van der Waals surface area contributed by atoms with Crippen LogP contribution in [0.25, 0.3) is 0 Å². The molecule has 7 heteroatoms. The highest BCUT2D eigenvalue weighted by molar-refractivity contribution is 5.84. The SMILES string of the molecule is C[C@H](OC(=O)[C@@H](C)Oc1ccc(C#N)cc1)C(=O)NCc1ccc(F)cc1. The number of carbonyl (C=O) groups excluding carboxylic acids is 2. The molecule has 27 heavy (non-hydrogen) atoms. The first-order chi connectivity index (χ1) is 12.9. The van der Waals surface area contributed by atoms with Gasteiger partial charge in [-0.1, -0.05) is 12.1 Å². The topological polar surface area (TPSA) is 88.4 Å². The molecule has 0 aliphatic heterocycles. The fraction of sp³-hybridized carbons (Fsp3) is 0.250. The van der Waals surface area contributed by atoms with Gasteiger partial charge in [-0.2, -0.15) is 5.26 Å². The second kappa shape index (κ2) is 9.34. The molecule has 0 unspecified atom stereocenters. The Morgan fingerprint density at radius 1 is 1.07 bits per heavy atom. The fourth-order valence-electron chi connectivity index (χ4n) is 2.12. The number of amides is 1. The lowest BCUT2D eigenvalue weighted by Gasteiger charge is -2.18. The van der Waals surface area contributed by atoms with E-state index in [0.717, 1.165) is 5.56 Å². The molecule has 0 spiro atoms. The van der Waals surface area contributed by atoms with Crippen LogP contribution in [0.2, 0.25) is 0 Å². The number of nitrogens with one attached hydrogen (secondary N) is 1. The number of nitriles is 1. The number of hydrogen-bond acceptors (Lipinski definition) is 5. The van der Waals surface area contributed by atoms with E-state index in [-0.39, 0.29) is 12.4 Å². The Bertz CT molecular complexity index is 829. The third-order valence-electron chi connectivity index (χ3n) is 3.67. The molecule has 140 valence electrons. The Morgan fingerprint density at radius 2 is 1.70 bits per heavy atom. The van der Waals surface area contributed by atoms with Gasteiger partial charge in [-0.05, 0) is 55.8 Å². The summed E-state index contributed by atoms with van der Waals surface area (Å²) in [7, 11) is 0. The van der Waals surface area contributed by atoms with Crippen molar-refractivity contribution in [3.8, 4) is 11.8 Å². The van der Waals surface area contributed by atoms with E-state index < -0.39 is 24.1 Å². The molecule has 1 amide bonds. The monoisotopic (exact) mass is 370 g/mol. The fourth-order valence-corrected chi connectivity index (χ4v) is 2.12. The van der Waals surface area contributed by atoms with Crippen LogP contribution in [0.15, 0.2) is 48.5 Å². The number of benzene rings is 2. The molecule has 1 N–H and O–H groups in total. The Balaban J connectivity index is 1.81. The molecule has 0 fully saturated rings. The van der Waals surface area contributed by atoms with Crippen molar-refractivity contribution in [1.82, 2.24) is 5.32 Å². The molecule has 2 atom stereocenters. The van der Waals surface area contributed by atoms with Gasteiger partial charge in [0, 0.05) is 6.54 Å². The first kappa shape index (κ1) is 19.9. The van der Waals surface area contributed by atoms with E-state index in [2.05, 4.69) is 5.32 Å². The Hall–Kier alpha value is -3.40. The number of esters is 1. The van der Waals surface area contributed by atoms with E-state index in [0.29, 0.717) is 11.3 Å².